The van der Waals surface area contributed by atoms with E-state index in [1.165, 1.54) is 51.4 Å². The number of nitrogens with zero attached hydrogens (tertiary/aromatic N) is 1. The molecule has 0 aromatic carbocycles. The van der Waals surface area contributed by atoms with Crippen LogP contribution >= 0.6 is 0 Å². The summed E-state index contributed by atoms with van der Waals surface area (Å²) in [5.74, 6) is 2.95. The molecule has 8 rings (SSSR count). The highest BCUT2D eigenvalue weighted by atomic mass is 16.7. The summed E-state index contributed by atoms with van der Waals surface area (Å²) >= 11 is 0. The maximum atomic E-state index is 12.9. The summed E-state index contributed by atoms with van der Waals surface area (Å²) in [6.07, 6.45) is 11.9. The Kier molecular flexibility index (Phi) is 7.12. The zero-order chi connectivity index (χ0) is 31.7. The smallest absolute Gasteiger partial charge is 0.223 e. The largest absolute Gasteiger partial charge is 0.390 e. The highest BCUT2D eigenvalue weighted by molar-refractivity contribution is 5.77. The lowest BCUT2D eigenvalue weighted by Gasteiger charge is -2.64. The van der Waals surface area contributed by atoms with Crippen LogP contribution in [0.4, 0.5) is 0 Å². The molecule has 2 aliphatic heterocycles. The van der Waals surface area contributed by atoms with E-state index in [4.69, 9.17) is 14.2 Å². The number of aliphatic hydroxyl groups is 1. The zero-order valence-electron chi connectivity index (χ0n) is 28.8. The molecule has 0 radical (unpaired) electrons. The first-order chi connectivity index (χ1) is 21.3. The van der Waals surface area contributed by atoms with Crippen LogP contribution in [0.3, 0.4) is 0 Å². The van der Waals surface area contributed by atoms with Gasteiger partial charge in [0.15, 0.2) is 6.29 Å². The molecule has 6 aliphatic carbocycles. The maximum Gasteiger partial charge on any atom is 0.223 e. The molecular weight excluding hydrogens is 566 g/mol. The lowest BCUT2D eigenvalue weighted by molar-refractivity contribution is -0.248. The van der Waals surface area contributed by atoms with Crippen LogP contribution in [0.25, 0.3) is 0 Å². The van der Waals surface area contributed by atoms with Gasteiger partial charge >= 0.3 is 0 Å². The third-order valence-electron chi connectivity index (χ3n) is 16.2. The summed E-state index contributed by atoms with van der Waals surface area (Å²) in [5.41, 5.74) is 0.522. The van der Waals surface area contributed by atoms with E-state index >= 15 is 0 Å². The van der Waals surface area contributed by atoms with E-state index in [9.17, 15) is 14.7 Å². The van der Waals surface area contributed by atoms with Crippen LogP contribution in [0, 0.1) is 56.7 Å². The minimum absolute atomic E-state index is 0.0256. The SMILES string of the molecule is CC(=O)C[C@H]1C[C@@H](C)[C@H]2[C@H](O1)[C@H](O)[C@@]1(C)[C@@H]3CCC4C(C)(C)[C@@H](O[C@H]5CN(C(=O)CC6CC6)CCO5)CC[C@@]45CC35CC[C@]21C. The fraction of sp³-hybridized carbons (Fsp3) is 0.947. The van der Waals surface area contributed by atoms with Crippen molar-refractivity contribution in [3.05, 3.63) is 0 Å². The van der Waals surface area contributed by atoms with E-state index < -0.39 is 6.10 Å². The Morgan fingerprint density at radius 1 is 0.956 bits per heavy atom. The molecule has 8 fully saturated rings. The fourth-order valence-electron chi connectivity index (χ4n) is 13.9. The number of amides is 1. The van der Waals surface area contributed by atoms with Crippen LogP contribution in [-0.2, 0) is 23.8 Å². The van der Waals surface area contributed by atoms with Gasteiger partial charge in [-0.2, -0.15) is 0 Å². The zero-order valence-corrected chi connectivity index (χ0v) is 28.8. The predicted molar refractivity (Wildman–Crippen MR) is 170 cm³/mol. The van der Waals surface area contributed by atoms with E-state index in [1.54, 1.807) is 6.92 Å². The predicted octanol–water partition coefficient (Wildman–Crippen LogP) is 6.15. The normalized spacial score (nSPS) is 53.0. The van der Waals surface area contributed by atoms with Crippen molar-refractivity contribution in [3.8, 4) is 0 Å². The molecule has 45 heavy (non-hydrogen) atoms. The van der Waals surface area contributed by atoms with Crippen molar-refractivity contribution in [3.63, 3.8) is 0 Å². The van der Waals surface area contributed by atoms with Crippen LogP contribution in [0.2, 0.25) is 0 Å². The number of fused-ring (bicyclic) bond motifs is 4. The molecule has 2 spiro atoms. The highest BCUT2D eigenvalue weighted by Crippen LogP contribution is 2.89. The Bertz CT molecular complexity index is 1230. The van der Waals surface area contributed by atoms with E-state index in [2.05, 4.69) is 34.6 Å². The lowest BCUT2D eigenvalue weighted by Crippen LogP contribution is -2.60. The van der Waals surface area contributed by atoms with E-state index in [0.29, 0.717) is 73.0 Å². The van der Waals surface area contributed by atoms with Gasteiger partial charge in [-0.05, 0) is 122 Å². The maximum absolute atomic E-state index is 12.9. The van der Waals surface area contributed by atoms with Gasteiger partial charge in [0.25, 0.3) is 0 Å². The standard InChI is InChI=1S/C38H59NO6/c1-22-17-25(18-23(2)40)44-32-31(22)35(5)13-14-38-21-37(38)12-11-28(34(3,4)26(37)9-10-27(38)36(35,6)33(32)42)45-30-20-39(15-16-43-30)29(41)19-24-7-8-24/h22,24-28,30-33,42H,7-21H2,1-6H3/t22-,25-,26?,27+,28+,30+,31+,32+,33+,35-,36-,37-,38?/m1/s1. The van der Waals surface area contributed by atoms with E-state index in [-0.39, 0.29) is 52.5 Å². The molecular formula is C38H59NO6. The highest BCUT2D eigenvalue weighted by Gasteiger charge is 2.84. The monoisotopic (exact) mass is 625 g/mol. The molecule has 0 aromatic heterocycles. The minimum Gasteiger partial charge on any atom is -0.390 e. The van der Waals surface area contributed by atoms with Crippen molar-refractivity contribution in [1.82, 2.24) is 4.90 Å². The first kappa shape index (κ1) is 31.3. The number of hydrogen-bond donors (Lipinski definition) is 1. The summed E-state index contributed by atoms with van der Waals surface area (Å²) in [6, 6.07) is 0. The average molecular weight is 626 g/mol. The number of ketones is 1. The van der Waals surface area contributed by atoms with Crippen LogP contribution in [0.5, 0.6) is 0 Å². The number of aliphatic hydroxyl groups excluding tert-OH is 1. The summed E-state index contributed by atoms with van der Waals surface area (Å²) < 4.78 is 19.7. The molecule has 7 heteroatoms. The van der Waals surface area contributed by atoms with Crippen LogP contribution in [-0.4, -0.2) is 72.1 Å². The third-order valence-corrected chi connectivity index (χ3v) is 16.2. The summed E-state index contributed by atoms with van der Waals surface area (Å²) in [6.45, 7) is 15.7. The van der Waals surface area contributed by atoms with Gasteiger partial charge in [-0.1, -0.05) is 34.6 Å². The lowest BCUT2D eigenvalue weighted by atomic mass is 9.41. The summed E-state index contributed by atoms with van der Waals surface area (Å²) in [4.78, 5) is 26.9. The molecule has 0 aromatic rings. The number of ether oxygens (including phenoxy) is 3. The quantitative estimate of drug-likeness (QED) is 0.381. The second kappa shape index (κ2) is 10.2. The van der Waals surface area contributed by atoms with E-state index in [0.717, 1.165) is 12.8 Å². The van der Waals surface area contributed by atoms with Crippen LogP contribution in [0.15, 0.2) is 0 Å². The molecule has 2 saturated heterocycles. The molecule has 2 heterocycles. The molecule has 6 saturated carbocycles. The topological polar surface area (TPSA) is 85.3 Å². The third kappa shape index (κ3) is 4.27. The van der Waals surface area contributed by atoms with E-state index in [1.807, 2.05) is 4.90 Å². The molecule has 252 valence electrons. The Hall–Kier alpha value is -1.02. The molecule has 1 amide bonds. The van der Waals surface area contributed by atoms with Crippen LogP contribution in [0.1, 0.15) is 119 Å². The number of carbonyl (C=O) groups excluding carboxylic acids is 2. The minimum atomic E-state index is -0.484. The van der Waals surface area contributed by atoms with Gasteiger partial charge in [0.1, 0.15) is 5.78 Å². The van der Waals surface area contributed by atoms with Gasteiger partial charge in [0.2, 0.25) is 5.91 Å². The molecule has 1 N–H and O–H groups in total. The molecule has 2 unspecified atom stereocenters. The van der Waals surface area contributed by atoms with Gasteiger partial charge in [0, 0.05) is 24.8 Å². The first-order valence-electron chi connectivity index (χ1n) is 18.6. The Morgan fingerprint density at radius 3 is 2.42 bits per heavy atom. The van der Waals surface area contributed by atoms with Gasteiger partial charge in [-0.3, -0.25) is 9.59 Å². The van der Waals surface area contributed by atoms with Gasteiger partial charge in [-0.25, -0.2) is 0 Å². The molecule has 13 atom stereocenters. The number of carbonyl (C=O) groups is 2. The number of rotatable bonds is 6. The average Bonchev–Trinajstić information content (AvgIpc) is 3.89. The van der Waals surface area contributed by atoms with Gasteiger partial charge in [0.05, 0.1) is 37.6 Å². The van der Waals surface area contributed by atoms with Crippen LogP contribution < -0.4 is 0 Å². The first-order valence-corrected chi connectivity index (χ1v) is 18.6. The van der Waals surface area contributed by atoms with Crippen molar-refractivity contribution in [2.24, 2.45) is 56.7 Å². The van der Waals surface area contributed by atoms with Crippen molar-refractivity contribution in [2.45, 2.75) is 149 Å². The van der Waals surface area contributed by atoms with Gasteiger partial charge < -0.3 is 24.2 Å². The molecule has 7 nitrogen and oxygen atoms in total. The fourth-order valence-corrected chi connectivity index (χ4v) is 13.9. The molecule has 8 aliphatic rings. The van der Waals surface area contributed by atoms with Crippen molar-refractivity contribution in [2.75, 3.05) is 19.7 Å². The second-order valence-electron chi connectivity index (χ2n) is 18.5. The van der Waals surface area contributed by atoms with Crippen molar-refractivity contribution >= 4 is 11.7 Å². The summed E-state index contributed by atoms with van der Waals surface area (Å²) in [5, 5.41) is 12.3. The Labute approximate surface area is 270 Å². The van der Waals surface area contributed by atoms with Crippen molar-refractivity contribution in [1.29, 1.82) is 0 Å². The Morgan fingerprint density at radius 2 is 1.69 bits per heavy atom. The molecule has 0 bridgehead atoms. The number of Topliss-reactive ketones (excluding diaryl/α,β-unsaturated/α-hetero) is 1. The summed E-state index contributed by atoms with van der Waals surface area (Å²) in [7, 11) is 0. The van der Waals surface area contributed by atoms with Gasteiger partial charge in [-0.15, -0.1) is 0 Å². The second-order valence-corrected chi connectivity index (χ2v) is 18.5. The number of hydrogen-bond acceptors (Lipinski definition) is 6. The van der Waals surface area contributed by atoms with Crippen molar-refractivity contribution < 1.29 is 28.9 Å². The Balaban J connectivity index is 1.01. The number of morpholine rings is 1.